The van der Waals surface area contributed by atoms with Crippen LogP contribution in [0.2, 0.25) is 5.02 Å². The normalized spacial score (nSPS) is 12.5. The number of carboxylic acid groups (broad SMARTS) is 1. The number of hydrogen-bond donors (Lipinski definition) is 3. The molecule has 1 aromatic rings. The van der Waals surface area contributed by atoms with Crippen LogP contribution in [0.25, 0.3) is 0 Å². The molecule has 0 spiro atoms. The lowest BCUT2D eigenvalue weighted by atomic mass is 10.2. The predicted molar refractivity (Wildman–Crippen MR) is 85.0 cm³/mol. The minimum absolute atomic E-state index is 0.00250. The van der Waals surface area contributed by atoms with E-state index in [0.717, 1.165) is 10.4 Å². The monoisotopic (exact) mass is 460 g/mol. The lowest BCUT2D eigenvalue weighted by molar-refractivity contribution is -0.192. The number of sulfonamides is 1. The Hall–Kier alpha value is -1.61. The number of halogens is 7. The summed E-state index contributed by atoms with van der Waals surface area (Å²) in [6, 6.07) is 1.98. The van der Waals surface area contributed by atoms with Crippen LogP contribution in [0.1, 0.15) is 5.56 Å². The largest absolute Gasteiger partial charge is 0.490 e. The predicted octanol–water partition coefficient (Wildman–Crippen LogP) is 1.93. The van der Waals surface area contributed by atoms with Crippen molar-refractivity contribution in [2.24, 2.45) is 5.73 Å². The summed E-state index contributed by atoms with van der Waals surface area (Å²) in [5.41, 5.74) is 4.24. The Kier molecular flexibility index (Phi) is 9.66. The van der Waals surface area contributed by atoms with E-state index in [0.29, 0.717) is 12.1 Å². The number of aliphatic hydroxyl groups excluding tert-OH is 1. The van der Waals surface area contributed by atoms with E-state index in [1.54, 1.807) is 0 Å². The average Bonchev–Trinajstić information content (AvgIpc) is 2.53. The smallest absolute Gasteiger partial charge is 0.475 e. The van der Waals surface area contributed by atoms with E-state index in [1.165, 1.54) is 0 Å². The first-order valence-electron chi connectivity index (χ1n) is 7.07. The lowest BCUT2D eigenvalue weighted by Gasteiger charge is -2.21. The third-order valence-corrected chi connectivity index (χ3v) is 5.23. The van der Waals surface area contributed by atoms with Gasteiger partial charge in [0.05, 0.1) is 17.2 Å². The highest BCUT2D eigenvalue weighted by atomic mass is 35.5. The molecule has 162 valence electrons. The molecular weight excluding hydrogens is 446 g/mol. The molecule has 0 heterocycles. The highest BCUT2D eigenvalue weighted by Crippen LogP contribution is 2.34. The number of alkyl halides is 6. The molecule has 1 rings (SSSR count). The summed E-state index contributed by atoms with van der Waals surface area (Å²) in [6.07, 6.45) is -9.70. The molecule has 28 heavy (non-hydrogen) atoms. The van der Waals surface area contributed by atoms with Crippen LogP contribution >= 0.6 is 11.6 Å². The number of benzene rings is 1. The minimum atomic E-state index is -5.08. The molecule has 0 aliphatic heterocycles. The molecule has 0 aliphatic carbocycles. The number of aliphatic hydroxyl groups is 1. The summed E-state index contributed by atoms with van der Waals surface area (Å²) < 4.78 is 94.8. The Balaban J connectivity index is 0.000000887. The first-order valence-corrected chi connectivity index (χ1v) is 8.88. The quantitative estimate of drug-likeness (QED) is 0.558. The number of rotatable bonds is 6. The average molecular weight is 461 g/mol. The van der Waals surface area contributed by atoms with Crippen molar-refractivity contribution in [1.82, 2.24) is 4.31 Å². The molecule has 0 amide bonds. The van der Waals surface area contributed by atoms with Crippen molar-refractivity contribution < 1.29 is 49.8 Å². The fourth-order valence-corrected chi connectivity index (χ4v) is 3.60. The maximum Gasteiger partial charge on any atom is 0.490 e. The molecule has 7 nitrogen and oxygen atoms in total. The minimum Gasteiger partial charge on any atom is -0.475 e. The van der Waals surface area contributed by atoms with Gasteiger partial charge in [0.25, 0.3) is 0 Å². The van der Waals surface area contributed by atoms with Gasteiger partial charge in [-0.2, -0.15) is 30.6 Å². The Morgan fingerprint density at radius 3 is 1.96 bits per heavy atom. The second kappa shape index (κ2) is 10.2. The van der Waals surface area contributed by atoms with Crippen LogP contribution in [-0.2, 0) is 21.0 Å². The van der Waals surface area contributed by atoms with Crippen molar-refractivity contribution >= 4 is 27.6 Å². The standard InChI is InChI=1S/C11H14ClF3N2O3S.C2HF3O2/c12-9-7-8(11(13,14)15)1-2-10(9)21(19,20)17(4-3-16)5-6-18;3-2(4,5)1(6)7/h1-2,7,18H,3-6,16H2;(H,6,7). The van der Waals surface area contributed by atoms with Crippen molar-refractivity contribution in [3.63, 3.8) is 0 Å². The zero-order valence-corrected chi connectivity index (χ0v) is 15.3. The topological polar surface area (TPSA) is 121 Å². The highest BCUT2D eigenvalue weighted by Gasteiger charge is 2.38. The Bertz CT molecular complexity index is 764. The van der Waals surface area contributed by atoms with Gasteiger partial charge in [-0.1, -0.05) is 11.6 Å². The van der Waals surface area contributed by atoms with Gasteiger partial charge in [0.15, 0.2) is 0 Å². The molecule has 0 atom stereocenters. The van der Waals surface area contributed by atoms with Gasteiger partial charge < -0.3 is 15.9 Å². The van der Waals surface area contributed by atoms with Gasteiger partial charge in [-0.15, -0.1) is 0 Å². The van der Waals surface area contributed by atoms with Gasteiger partial charge in [-0.3, -0.25) is 0 Å². The SMILES string of the molecule is NCCN(CCO)S(=O)(=O)c1ccc(C(F)(F)F)cc1Cl.O=C(O)C(F)(F)F. The fraction of sp³-hybridized carbons (Fsp3) is 0.462. The highest BCUT2D eigenvalue weighted by molar-refractivity contribution is 7.89. The van der Waals surface area contributed by atoms with Gasteiger partial charge in [0.1, 0.15) is 4.90 Å². The fourth-order valence-electron chi connectivity index (χ4n) is 1.63. The van der Waals surface area contributed by atoms with Crippen LogP contribution < -0.4 is 5.73 Å². The number of aliphatic carboxylic acids is 1. The molecule has 0 unspecified atom stereocenters. The first-order chi connectivity index (χ1) is 12.6. The molecule has 0 saturated carbocycles. The number of carboxylic acids is 1. The third kappa shape index (κ3) is 7.79. The molecule has 0 fully saturated rings. The van der Waals surface area contributed by atoms with Crippen molar-refractivity contribution in [1.29, 1.82) is 0 Å². The van der Waals surface area contributed by atoms with Crippen LogP contribution in [-0.4, -0.2) is 61.3 Å². The molecule has 15 heteroatoms. The van der Waals surface area contributed by atoms with Crippen LogP contribution in [0, 0.1) is 0 Å². The second-order valence-corrected chi connectivity index (χ2v) is 7.18. The first kappa shape index (κ1) is 26.4. The molecule has 0 aromatic heterocycles. The summed E-state index contributed by atoms with van der Waals surface area (Å²) >= 11 is 5.66. The number of hydrogen-bond acceptors (Lipinski definition) is 5. The van der Waals surface area contributed by atoms with E-state index in [1.807, 2.05) is 0 Å². The van der Waals surface area contributed by atoms with Crippen LogP contribution in [0.3, 0.4) is 0 Å². The second-order valence-electron chi connectivity index (χ2n) is 4.86. The molecule has 1 aromatic carbocycles. The summed E-state index contributed by atoms with van der Waals surface area (Å²) in [5.74, 6) is -2.76. The summed E-state index contributed by atoms with van der Waals surface area (Å²) in [5, 5.41) is 15.5. The van der Waals surface area contributed by atoms with Crippen LogP contribution in [0.4, 0.5) is 26.3 Å². The van der Waals surface area contributed by atoms with E-state index >= 15 is 0 Å². The zero-order chi connectivity index (χ0) is 22.3. The number of nitrogens with zero attached hydrogens (tertiary/aromatic N) is 1. The van der Waals surface area contributed by atoms with Crippen molar-refractivity contribution in [2.75, 3.05) is 26.2 Å². The summed E-state index contributed by atoms with van der Waals surface area (Å²) in [6.45, 7) is -0.758. The van der Waals surface area contributed by atoms with Crippen LogP contribution in [0.5, 0.6) is 0 Å². The molecule has 0 saturated heterocycles. The Morgan fingerprint density at radius 1 is 1.14 bits per heavy atom. The Labute approximate surface area is 160 Å². The van der Waals surface area contributed by atoms with Gasteiger partial charge in [0.2, 0.25) is 10.0 Å². The molecule has 0 aliphatic rings. The molecular formula is C13H15ClF6N2O5S. The van der Waals surface area contributed by atoms with E-state index in [2.05, 4.69) is 0 Å². The van der Waals surface area contributed by atoms with Gasteiger partial charge >= 0.3 is 18.3 Å². The van der Waals surface area contributed by atoms with E-state index in [-0.39, 0.29) is 19.6 Å². The van der Waals surface area contributed by atoms with Gasteiger partial charge in [-0.25, -0.2) is 13.2 Å². The summed E-state index contributed by atoms with van der Waals surface area (Å²) in [4.78, 5) is 8.44. The van der Waals surface area contributed by atoms with E-state index in [9.17, 15) is 34.8 Å². The maximum absolute atomic E-state index is 12.5. The van der Waals surface area contributed by atoms with E-state index < -0.39 is 50.4 Å². The zero-order valence-electron chi connectivity index (χ0n) is 13.8. The van der Waals surface area contributed by atoms with Crippen molar-refractivity contribution in [3.05, 3.63) is 28.8 Å². The molecule has 0 radical (unpaired) electrons. The summed E-state index contributed by atoms with van der Waals surface area (Å²) in [7, 11) is -4.12. The number of carbonyl (C=O) groups is 1. The number of nitrogens with two attached hydrogens (primary N) is 1. The van der Waals surface area contributed by atoms with Gasteiger partial charge in [-0.05, 0) is 18.2 Å². The molecule has 0 bridgehead atoms. The van der Waals surface area contributed by atoms with E-state index in [4.69, 9.17) is 32.3 Å². The van der Waals surface area contributed by atoms with Crippen molar-refractivity contribution in [2.45, 2.75) is 17.2 Å². The van der Waals surface area contributed by atoms with Gasteiger partial charge in [0, 0.05) is 19.6 Å². The molecule has 4 N–H and O–H groups in total. The van der Waals surface area contributed by atoms with Crippen molar-refractivity contribution in [3.8, 4) is 0 Å². The third-order valence-electron chi connectivity index (χ3n) is 2.85. The Morgan fingerprint density at radius 2 is 1.64 bits per heavy atom. The van der Waals surface area contributed by atoms with Crippen LogP contribution in [0.15, 0.2) is 23.1 Å². The maximum atomic E-state index is 12.5. The lowest BCUT2D eigenvalue weighted by Crippen LogP contribution is -2.37.